The highest BCUT2D eigenvalue weighted by Gasteiger charge is 2.28. The number of hydrazone groups is 1. The molecule has 3 aromatic rings. The third-order valence-electron chi connectivity index (χ3n) is 7.24. The minimum Gasteiger partial charge on any atom is -0.288 e. The Morgan fingerprint density at radius 2 is 1.14 bits per heavy atom. The number of fused-ring (bicyclic) bond motifs is 3. The van der Waals surface area contributed by atoms with E-state index in [1.807, 2.05) is 0 Å². The fraction of sp³-hybridized carbons (Fsp3) is 0.417. The molecule has 0 saturated carbocycles. The molecular weight excluding hydrogens is 344 g/mol. The summed E-state index contributed by atoms with van der Waals surface area (Å²) in [4.78, 5) is 0. The molecule has 4 nitrogen and oxygen atoms in total. The second-order valence-electron chi connectivity index (χ2n) is 8.35. The van der Waals surface area contributed by atoms with Gasteiger partial charge in [-0.15, -0.1) is 0 Å². The van der Waals surface area contributed by atoms with E-state index in [1.54, 1.807) is 0 Å². The van der Waals surface area contributed by atoms with Crippen LogP contribution in [0.4, 0.5) is 0 Å². The zero-order valence-corrected chi connectivity index (χ0v) is 18.5. The number of aromatic nitrogens is 2. The summed E-state index contributed by atoms with van der Waals surface area (Å²) in [6.07, 6.45) is 0. The summed E-state index contributed by atoms with van der Waals surface area (Å²) in [7, 11) is 0. The average molecular weight is 375 g/mol. The van der Waals surface area contributed by atoms with E-state index >= 15 is 0 Å². The fourth-order valence-electron chi connectivity index (χ4n) is 4.63. The zero-order valence-electron chi connectivity index (χ0n) is 18.5. The molecule has 4 rings (SSSR count). The molecule has 1 aliphatic rings. The van der Waals surface area contributed by atoms with Gasteiger partial charge in [-0.1, -0.05) is 0 Å². The van der Waals surface area contributed by atoms with Crippen molar-refractivity contribution in [2.45, 2.75) is 69.0 Å². The molecule has 4 heteroatoms. The molecule has 0 aliphatic carbocycles. The summed E-state index contributed by atoms with van der Waals surface area (Å²) in [5, 5.41) is 11.1. The van der Waals surface area contributed by atoms with Gasteiger partial charge in [-0.2, -0.15) is 10.2 Å². The highest BCUT2D eigenvalue weighted by molar-refractivity contribution is 6.20. The summed E-state index contributed by atoms with van der Waals surface area (Å²) in [5.41, 5.74) is 19.7. The molecule has 0 bridgehead atoms. The van der Waals surface area contributed by atoms with Crippen molar-refractivity contribution >= 4 is 16.6 Å². The molecule has 1 aliphatic heterocycles. The van der Waals surface area contributed by atoms with Crippen LogP contribution in [0, 0.1) is 62.3 Å². The Hall–Kier alpha value is -2.62. The van der Waals surface area contributed by atoms with Crippen molar-refractivity contribution in [1.82, 2.24) is 15.2 Å². The van der Waals surface area contributed by atoms with Crippen LogP contribution in [0.3, 0.4) is 0 Å². The molecule has 0 radical (unpaired) electrons. The monoisotopic (exact) mass is 374 g/mol. The van der Waals surface area contributed by atoms with Crippen LogP contribution in [0.2, 0.25) is 0 Å². The van der Waals surface area contributed by atoms with Crippen LogP contribution in [0.5, 0.6) is 0 Å². The Labute approximate surface area is 167 Å². The summed E-state index contributed by atoms with van der Waals surface area (Å²) >= 11 is 0. The van der Waals surface area contributed by atoms with Gasteiger partial charge in [0, 0.05) is 10.9 Å². The molecule has 28 heavy (non-hydrogen) atoms. The third kappa shape index (κ3) is 2.30. The Balaban J connectivity index is 2.13. The summed E-state index contributed by atoms with van der Waals surface area (Å²) in [6.45, 7) is 20.5. The lowest BCUT2D eigenvalue weighted by Crippen LogP contribution is -2.28. The average Bonchev–Trinajstić information content (AvgIpc) is 3.08. The maximum absolute atomic E-state index is 4.99. The smallest absolute Gasteiger partial charge is 0.126 e. The molecular formula is C24H30N4. The van der Waals surface area contributed by atoms with Crippen molar-refractivity contribution in [3.63, 3.8) is 0 Å². The van der Waals surface area contributed by atoms with Gasteiger partial charge in [0.15, 0.2) is 0 Å². The van der Waals surface area contributed by atoms with Gasteiger partial charge in [0.25, 0.3) is 0 Å². The van der Waals surface area contributed by atoms with E-state index < -0.39 is 0 Å². The van der Waals surface area contributed by atoms with Gasteiger partial charge in [0.1, 0.15) is 12.4 Å². The first-order chi connectivity index (χ1) is 13.2. The van der Waals surface area contributed by atoms with Gasteiger partial charge in [-0.25, -0.2) is 4.68 Å². The predicted octanol–water partition coefficient (Wildman–Crippen LogP) is 5.13. The van der Waals surface area contributed by atoms with Gasteiger partial charge < -0.3 is 0 Å². The summed E-state index contributed by atoms with van der Waals surface area (Å²) in [6, 6.07) is 0. The fourth-order valence-corrected chi connectivity index (χ4v) is 4.63. The Morgan fingerprint density at radius 1 is 0.643 bits per heavy atom. The first-order valence-electron chi connectivity index (χ1n) is 10.0. The van der Waals surface area contributed by atoms with Crippen LogP contribution in [0.15, 0.2) is 5.10 Å². The molecule has 146 valence electrons. The van der Waals surface area contributed by atoms with Crippen molar-refractivity contribution in [2.24, 2.45) is 5.10 Å². The standard InChI is InChI=1S/C24H30N4/c1-11-12(2)16(6)20(17(7)13(11)3)23-24-21-18(8)14(4)15(5)19(9)22(21)27-28(24)10-25-26-23/h25H,10H2,1-9H3. The van der Waals surface area contributed by atoms with Crippen molar-refractivity contribution in [2.75, 3.05) is 0 Å². The molecule has 2 heterocycles. The molecule has 2 aromatic carbocycles. The van der Waals surface area contributed by atoms with Crippen molar-refractivity contribution in [1.29, 1.82) is 0 Å². The van der Waals surface area contributed by atoms with Crippen molar-refractivity contribution in [3.8, 4) is 0 Å². The van der Waals surface area contributed by atoms with Crippen LogP contribution < -0.4 is 5.43 Å². The number of rotatable bonds is 1. The number of nitrogens with one attached hydrogen (secondary N) is 1. The molecule has 0 spiro atoms. The Bertz CT molecular complexity index is 1160. The van der Waals surface area contributed by atoms with Crippen molar-refractivity contribution < 1.29 is 0 Å². The van der Waals surface area contributed by atoms with E-state index in [9.17, 15) is 0 Å². The van der Waals surface area contributed by atoms with E-state index in [4.69, 9.17) is 10.2 Å². The van der Waals surface area contributed by atoms with E-state index in [1.165, 1.54) is 61.0 Å². The van der Waals surface area contributed by atoms with Gasteiger partial charge in [0.05, 0.1) is 11.2 Å². The Morgan fingerprint density at radius 3 is 1.75 bits per heavy atom. The minimum atomic E-state index is 0.604. The zero-order chi connectivity index (χ0) is 20.5. The lowest BCUT2D eigenvalue weighted by atomic mass is 9.85. The minimum absolute atomic E-state index is 0.604. The van der Waals surface area contributed by atoms with Crippen LogP contribution in [-0.4, -0.2) is 15.5 Å². The van der Waals surface area contributed by atoms with Crippen molar-refractivity contribution in [3.05, 3.63) is 61.3 Å². The number of hydrogen-bond acceptors (Lipinski definition) is 3. The molecule has 1 aromatic heterocycles. The second-order valence-corrected chi connectivity index (χ2v) is 8.35. The van der Waals surface area contributed by atoms with Gasteiger partial charge in [-0.05, 0) is 112 Å². The van der Waals surface area contributed by atoms with E-state index in [-0.39, 0.29) is 0 Å². The summed E-state index contributed by atoms with van der Waals surface area (Å²) in [5.74, 6) is 0. The summed E-state index contributed by atoms with van der Waals surface area (Å²) < 4.78 is 2.09. The maximum Gasteiger partial charge on any atom is 0.126 e. The normalized spacial score (nSPS) is 13.5. The van der Waals surface area contributed by atoms with E-state index in [0.29, 0.717) is 6.67 Å². The van der Waals surface area contributed by atoms with E-state index in [2.05, 4.69) is 72.4 Å². The van der Waals surface area contributed by atoms with Crippen LogP contribution in [-0.2, 0) is 6.67 Å². The van der Waals surface area contributed by atoms with E-state index in [0.717, 1.165) is 16.9 Å². The second kappa shape index (κ2) is 6.20. The number of aryl methyl sites for hydroxylation is 2. The number of nitrogens with zero attached hydrogens (tertiary/aromatic N) is 3. The lowest BCUT2D eigenvalue weighted by Gasteiger charge is -2.23. The number of benzene rings is 2. The maximum atomic E-state index is 4.99. The SMILES string of the molecule is Cc1c(C)c(C)c(C2=NNCn3nc4c(C)c(C)c(C)c(C)c4c32)c(C)c1C. The molecule has 0 saturated heterocycles. The van der Waals surface area contributed by atoms with Gasteiger partial charge >= 0.3 is 0 Å². The molecule has 0 amide bonds. The topological polar surface area (TPSA) is 42.2 Å². The van der Waals surface area contributed by atoms with Crippen LogP contribution in [0.1, 0.15) is 61.3 Å². The molecule has 0 fully saturated rings. The van der Waals surface area contributed by atoms with Crippen LogP contribution >= 0.6 is 0 Å². The highest BCUT2D eigenvalue weighted by Crippen LogP contribution is 2.35. The molecule has 0 unspecified atom stereocenters. The first kappa shape index (κ1) is 18.7. The first-order valence-corrected chi connectivity index (χ1v) is 10.0. The number of hydrogen-bond donors (Lipinski definition) is 1. The predicted molar refractivity (Wildman–Crippen MR) is 118 cm³/mol. The lowest BCUT2D eigenvalue weighted by molar-refractivity contribution is 0.514. The third-order valence-corrected chi connectivity index (χ3v) is 7.24. The van der Waals surface area contributed by atoms with Gasteiger partial charge in [0.2, 0.25) is 0 Å². The highest BCUT2D eigenvalue weighted by atomic mass is 15.4. The quantitative estimate of drug-likeness (QED) is 0.642. The van der Waals surface area contributed by atoms with Gasteiger partial charge in [-0.3, -0.25) is 5.43 Å². The Kier molecular flexibility index (Phi) is 4.14. The largest absolute Gasteiger partial charge is 0.288 e. The molecule has 1 N–H and O–H groups in total. The molecule has 0 atom stereocenters. The van der Waals surface area contributed by atoms with Crippen LogP contribution in [0.25, 0.3) is 10.9 Å².